The normalized spacial score (nSPS) is 13.8. The maximum atomic E-state index is 13.0. The lowest BCUT2D eigenvalue weighted by Crippen LogP contribution is -2.13. The lowest BCUT2D eigenvalue weighted by molar-refractivity contribution is 0.378. The molecule has 1 atom stereocenters. The van der Waals surface area contributed by atoms with Crippen molar-refractivity contribution in [3.05, 3.63) is 23.3 Å². The molecule has 0 aliphatic rings. The number of hydrogen-bond donors (Lipinski definition) is 1. The fourth-order valence-corrected chi connectivity index (χ4v) is 2.07. The molecule has 1 aromatic carbocycles. The van der Waals surface area contributed by atoms with Crippen LogP contribution in [0, 0.1) is 23.3 Å². The van der Waals surface area contributed by atoms with Gasteiger partial charge in [-0.2, -0.15) is 8.42 Å². The molecule has 1 rings (SSSR count). The first-order valence-corrected chi connectivity index (χ1v) is 6.03. The van der Waals surface area contributed by atoms with Crippen molar-refractivity contribution in [1.29, 1.82) is 0 Å². The largest absolute Gasteiger partial charge is 0.768 e. The summed E-state index contributed by atoms with van der Waals surface area (Å²) in [4.78, 5) is -4.28. The summed E-state index contributed by atoms with van der Waals surface area (Å²) in [5.74, 6) is -9.93. The summed E-state index contributed by atoms with van der Waals surface area (Å²) in [6.45, 7) is 0. The van der Waals surface area contributed by atoms with Crippen molar-refractivity contribution in [2.45, 2.75) is 9.79 Å². The van der Waals surface area contributed by atoms with Crippen molar-refractivity contribution in [1.82, 2.24) is 0 Å². The van der Waals surface area contributed by atoms with Crippen LogP contribution in [0.3, 0.4) is 0 Å². The quantitative estimate of drug-likeness (QED) is 0.375. The maximum Gasteiger partial charge on any atom is 0.300 e. The fraction of sp³-hybridized carbons (Fsp3) is 0. The molecule has 1 unspecified atom stereocenters. The molecule has 1 aromatic rings. The van der Waals surface area contributed by atoms with E-state index in [1.165, 1.54) is 0 Å². The molecule has 96 valence electrons. The molecule has 0 spiro atoms. The minimum Gasteiger partial charge on any atom is -0.768 e. The zero-order chi connectivity index (χ0) is 13.5. The van der Waals surface area contributed by atoms with E-state index in [1.54, 1.807) is 0 Å². The van der Waals surface area contributed by atoms with Crippen molar-refractivity contribution in [3.63, 3.8) is 0 Å². The van der Waals surface area contributed by atoms with Gasteiger partial charge >= 0.3 is 10.1 Å². The highest BCUT2D eigenvalue weighted by molar-refractivity contribution is 7.85. The Kier molecular flexibility index (Phi) is 3.57. The van der Waals surface area contributed by atoms with E-state index in [9.17, 15) is 34.7 Å². The lowest BCUT2D eigenvalue weighted by Gasteiger charge is -2.11. The zero-order valence-corrected chi connectivity index (χ0v) is 9.04. The second-order valence-corrected chi connectivity index (χ2v) is 4.86. The van der Waals surface area contributed by atoms with Crippen LogP contribution in [-0.2, 0) is 21.2 Å². The third kappa shape index (κ3) is 2.31. The second kappa shape index (κ2) is 4.33. The van der Waals surface area contributed by atoms with Gasteiger partial charge in [-0.15, -0.1) is 0 Å². The zero-order valence-electron chi connectivity index (χ0n) is 7.41. The van der Waals surface area contributed by atoms with Crippen LogP contribution in [-0.4, -0.2) is 21.7 Å². The maximum absolute atomic E-state index is 13.0. The topological polar surface area (TPSA) is 94.5 Å². The van der Waals surface area contributed by atoms with E-state index in [-0.39, 0.29) is 0 Å². The van der Waals surface area contributed by atoms with E-state index < -0.39 is 54.3 Å². The molecule has 0 saturated heterocycles. The molecular formula is C6HF4O5S2-. The molecule has 0 aliphatic carbocycles. The average molecular weight is 293 g/mol. The van der Waals surface area contributed by atoms with Gasteiger partial charge in [0.1, 0.15) is 4.90 Å². The summed E-state index contributed by atoms with van der Waals surface area (Å²) in [5, 5.41) is 0. The van der Waals surface area contributed by atoms with Crippen LogP contribution in [0.4, 0.5) is 17.6 Å². The SMILES string of the molecule is O=S([O-])c1c(F)c(F)c(S(=O)(=O)O)c(F)c1F. The van der Waals surface area contributed by atoms with Crippen molar-refractivity contribution in [2.24, 2.45) is 0 Å². The molecule has 0 aliphatic heterocycles. The predicted octanol–water partition coefficient (Wildman–Crippen LogP) is 0.728. The van der Waals surface area contributed by atoms with Gasteiger partial charge in [0.25, 0.3) is 0 Å². The van der Waals surface area contributed by atoms with E-state index in [4.69, 9.17) is 4.55 Å². The van der Waals surface area contributed by atoms with E-state index in [2.05, 4.69) is 0 Å². The Bertz CT molecular complexity index is 582. The van der Waals surface area contributed by atoms with Crippen molar-refractivity contribution >= 4 is 21.2 Å². The van der Waals surface area contributed by atoms with Crippen LogP contribution in [0.5, 0.6) is 0 Å². The summed E-state index contributed by atoms with van der Waals surface area (Å²) < 4.78 is 102. The summed E-state index contributed by atoms with van der Waals surface area (Å²) in [6, 6.07) is 0. The first-order chi connectivity index (χ1) is 7.59. The van der Waals surface area contributed by atoms with Gasteiger partial charge in [-0.3, -0.25) is 8.76 Å². The second-order valence-electron chi connectivity index (χ2n) is 2.62. The smallest absolute Gasteiger partial charge is 0.300 e. The molecular weight excluding hydrogens is 292 g/mol. The van der Waals surface area contributed by atoms with Gasteiger partial charge in [0.15, 0.2) is 28.2 Å². The van der Waals surface area contributed by atoms with Gasteiger partial charge in [-0.1, -0.05) is 0 Å². The van der Waals surface area contributed by atoms with E-state index >= 15 is 0 Å². The average Bonchev–Trinajstić information content (AvgIpc) is 2.12. The van der Waals surface area contributed by atoms with Crippen molar-refractivity contribution in [2.75, 3.05) is 0 Å². The first-order valence-electron chi connectivity index (χ1n) is 3.51. The Balaban J connectivity index is 3.91. The monoisotopic (exact) mass is 293 g/mol. The third-order valence-corrected chi connectivity index (χ3v) is 3.17. The molecule has 1 N–H and O–H groups in total. The summed E-state index contributed by atoms with van der Waals surface area (Å²) in [6.07, 6.45) is 0. The Labute approximate surface area is 94.1 Å². The Morgan fingerprint density at radius 1 is 1.00 bits per heavy atom. The Hall–Kier alpha value is -1.04. The van der Waals surface area contributed by atoms with Crippen LogP contribution >= 0.6 is 0 Å². The van der Waals surface area contributed by atoms with Gasteiger partial charge in [0, 0.05) is 0 Å². The van der Waals surface area contributed by atoms with E-state index in [0.29, 0.717) is 0 Å². The standard InChI is InChI=1S/C6H2F4O5S2/c7-1-3(9)6(17(13,14)15)4(10)2(8)5(1)16(11)12/h(H,11,12)(H,13,14,15)/p-1. The van der Waals surface area contributed by atoms with Gasteiger partial charge in [-0.05, 0) is 11.1 Å². The fourth-order valence-electron chi connectivity index (χ4n) is 0.964. The number of benzene rings is 1. The molecule has 0 aromatic heterocycles. The first kappa shape index (κ1) is 14.0. The van der Waals surface area contributed by atoms with Crippen LogP contribution in [0.25, 0.3) is 0 Å². The molecule has 0 bridgehead atoms. The van der Waals surface area contributed by atoms with Crippen LogP contribution in [0.15, 0.2) is 9.79 Å². The third-order valence-electron chi connectivity index (χ3n) is 1.61. The van der Waals surface area contributed by atoms with Crippen LogP contribution in [0.2, 0.25) is 0 Å². The van der Waals surface area contributed by atoms with Crippen LogP contribution in [0.1, 0.15) is 0 Å². The molecule has 0 fully saturated rings. The highest BCUT2D eigenvalue weighted by atomic mass is 32.2. The Morgan fingerprint density at radius 2 is 1.35 bits per heavy atom. The lowest BCUT2D eigenvalue weighted by atomic mass is 10.3. The molecule has 0 radical (unpaired) electrons. The van der Waals surface area contributed by atoms with E-state index in [0.717, 1.165) is 0 Å². The summed E-state index contributed by atoms with van der Waals surface area (Å²) in [7, 11) is -5.58. The van der Waals surface area contributed by atoms with Crippen molar-refractivity contribution in [3.8, 4) is 0 Å². The highest BCUT2D eigenvalue weighted by Crippen LogP contribution is 2.28. The highest BCUT2D eigenvalue weighted by Gasteiger charge is 2.32. The number of halogens is 4. The number of rotatable bonds is 2. The minimum absolute atomic E-state index is 1.99. The van der Waals surface area contributed by atoms with Gasteiger partial charge in [-0.25, -0.2) is 17.6 Å². The number of hydrogen-bond acceptors (Lipinski definition) is 4. The molecule has 0 saturated carbocycles. The molecule has 0 amide bonds. The summed E-state index contributed by atoms with van der Waals surface area (Å²) >= 11 is -3.66. The Morgan fingerprint density at radius 3 is 1.59 bits per heavy atom. The molecule has 0 heterocycles. The van der Waals surface area contributed by atoms with Gasteiger partial charge in [0.05, 0.1) is 0 Å². The minimum atomic E-state index is -5.58. The summed E-state index contributed by atoms with van der Waals surface area (Å²) in [5.41, 5.74) is 0. The van der Waals surface area contributed by atoms with Crippen molar-refractivity contribution < 1.29 is 39.3 Å². The molecule has 11 heteroatoms. The molecule has 17 heavy (non-hydrogen) atoms. The van der Waals surface area contributed by atoms with Crippen LogP contribution < -0.4 is 0 Å². The van der Waals surface area contributed by atoms with E-state index in [1.807, 2.05) is 0 Å². The predicted molar refractivity (Wildman–Crippen MR) is 43.3 cm³/mol. The molecule has 5 nitrogen and oxygen atoms in total. The van der Waals surface area contributed by atoms with Gasteiger partial charge < -0.3 is 4.55 Å². The van der Waals surface area contributed by atoms with Gasteiger partial charge in [0.2, 0.25) is 0 Å².